The fraction of sp³-hybridized carbons (Fsp3) is 0.429. The van der Waals surface area contributed by atoms with Crippen LogP contribution in [0.25, 0.3) is 0 Å². The molecule has 1 N–H and O–H groups in total. The first-order chi connectivity index (χ1) is 8.49. The second kappa shape index (κ2) is 6.18. The van der Waals surface area contributed by atoms with Gasteiger partial charge in [-0.3, -0.25) is 10.1 Å². The average molecular weight is 246 g/mol. The van der Waals surface area contributed by atoms with Crippen LogP contribution in [0.5, 0.6) is 0 Å². The maximum atomic E-state index is 11.7. The van der Waals surface area contributed by atoms with E-state index in [1.54, 1.807) is 32.9 Å². The molecule has 0 amide bonds. The van der Waals surface area contributed by atoms with E-state index in [4.69, 9.17) is 10.00 Å². The third-order valence-corrected chi connectivity index (χ3v) is 2.58. The van der Waals surface area contributed by atoms with Gasteiger partial charge in [-0.05, 0) is 38.5 Å². The summed E-state index contributed by atoms with van der Waals surface area (Å²) in [6.45, 7) is 6.22. The van der Waals surface area contributed by atoms with Crippen LogP contribution >= 0.6 is 0 Å². The average Bonchev–Trinajstić information content (AvgIpc) is 2.37. The van der Waals surface area contributed by atoms with Gasteiger partial charge in [-0.1, -0.05) is 12.1 Å². The van der Waals surface area contributed by atoms with Gasteiger partial charge < -0.3 is 4.74 Å². The minimum atomic E-state index is -0.737. The van der Waals surface area contributed by atoms with E-state index in [1.807, 2.05) is 12.1 Å². The minimum absolute atomic E-state index is 0.276. The van der Waals surface area contributed by atoms with Crippen molar-refractivity contribution in [2.24, 2.45) is 0 Å². The van der Waals surface area contributed by atoms with Gasteiger partial charge in [-0.25, -0.2) is 0 Å². The number of carbonyl (C=O) groups is 1. The van der Waals surface area contributed by atoms with Crippen LogP contribution in [0.1, 0.15) is 31.9 Å². The van der Waals surface area contributed by atoms with Gasteiger partial charge in [-0.2, -0.15) is 5.26 Å². The van der Waals surface area contributed by atoms with Crippen LogP contribution < -0.4 is 5.32 Å². The normalized spacial score (nSPS) is 10.8. The predicted molar refractivity (Wildman–Crippen MR) is 68.7 cm³/mol. The van der Waals surface area contributed by atoms with Crippen molar-refractivity contribution in [2.45, 2.75) is 32.9 Å². The van der Waals surface area contributed by atoms with E-state index in [1.165, 1.54) is 0 Å². The number of nitrogens with one attached hydrogen (secondary N) is 1. The van der Waals surface area contributed by atoms with Gasteiger partial charge in [0, 0.05) is 6.54 Å². The summed E-state index contributed by atoms with van der Waals surface area (Å²) >= 11 is 0. The quantitative estimate of drug-likeness (QED) is 0.807. The Morgan fingerprint density at radius 1 is 1.50 bits per heavy atom. The number of carbonyl (C=O) groups excluding carboxylic acids is 1. The SMILES string of the molecule is CCOC(=O)C(C)(C)NCc1cccc(C#N)c1. The smallest absolute Gasteiger partial charge is 0.325 e. The van der Waals surface area contributed by atoms with Crippen molar-refractivity contribution in [3.05, 3.63) is 35.4 Å². The molecule has 0 aliphatic carbocycles. The molecule has 0 spiro atoms. The topological polar surface area (TPSA) is 62.1 Å². The molecule has 0 atom stereocenters. The second-order valence-corrected chi connectivity index (χ2v) is 4.51. The lowest BCUT2D eigenvalue weighted by molar-refractivity contribution is -0.149. The molecule has 0 aliphatic heterocycles. The van der Waals surface area contributed by atoms with E-state index in [2.05, 4.69) is 11.4 Å². The van der Waals surface area contributed by atoms with Crippen molar-refractivity contribution in [1.29, 1.82) is 5.26 Å². The summed E-state index contributed by atoms with van der Waals surface area (Å²) in [6.07, 6.45) is 0. The third kappa shape index (κ3) is 3.86. The van der Waals surface area contributed by atoms with E-state index in [0.717, 1.165) is 5.56 Å². The standard InChI is InChI=1S/C14H18N2O2/c1-4-18-13(17)14(2,3)16-10-12-7-5-6-11(8-12)9-15/h5-8,16H,4,10H2,1-3H3. The molecule has 0 saturated heterocycles. The zero-order valence-corrected chi connectivity index (χ0v) is 11.0. The molecule has 0 saturated carbocycles. The molecular formula is C14H18N2O2. The van der Waals surface area contributed by atoms with Crippen molar-refractivity contribution < 1.29 is 9.53 Å². The molecule has 0 fully saturated rings. The maximum Gasteiger partial charge on any atom is 0.325 e. The van der Waals surface area contributed by atoms with Crippen LogP contribution in [0.15, 0.2) is 24.3 Å². The maximum absolute atomic E-state index is 11.7. The van der Waals surface area contributed by atoms with Gasteiger partial charge in [0.15, 0.2) is 0 Å². The van der Waals surface area contributed by atoms with Gasteiger partial charge in [0.1, 0.15) is 5.54 Å². The fourth-order valence-corrected chi connectivity index (χ4v) is 1.46. The lowest BCUT2D eigenvalue weighted by Gasteiger charge is -2.23. The second-order valence-electron chi connectivity index (χ2n) is 4.51. The molecule has 18 heavy (non-hydrogen) atoms. The Balaban J connectivity index is 2.64. The van der Waals surface area contributed by atoms with Crippen molar-refractivity contribution in [3.63, 3.8) is 0 Å². The Hall–Kier alpha value is -1.86. The van der Waals surface area contributed by atoms with Gasteiger partial charge >= 0.3 is 5.97 Å². The lowest BCUT2D eigenvalue weighted by Crippen LogP contribution is -2.47. The molecule has 96 valence electrons. The first-order valence-corrected chi connectivity index (χ1v) is 5.91. The number of hydrogen-bond acceptors (Lipinski definition) is 4. The van der Waals surface area contributed by atoms with E-state index in [-0.39, 0.29) is 5.97 Å². The van der Waals surface area contributed by atoms with E-state index in [0.29, 0.717) is 18.7 Å². The Kier molecular flexibility index (Phi) is 4.87. The van der Waals surface area contributed by atoms with Crippen LogP contribution in [-0.2, 0) is 16.1 Å². The molecule has 1 rings (SSSR count). The number of ether oxygens (including phenoxy) is 1. The third-order valence-electron chi connectivity index (χ3n) is 2.58. The van der Waals surface area contributed by atoms with Crippen molar-refractivity contribution in [1.82, 2.24) is 5.32 Å². The first kappa shape index (κ1) is 14.2. The van der Waals surface area contributed by atoms with E-state index in [9.17, 15) is 4.79 Å². The van der Waals surface area contributed by atoms with Crippen LogP contribution in [0.3, 0.4) is 0 Å². The van der Waals surface area contributed by atoms with Crippen LogP contribution in [0.4, 0.5) is 0 Å². The zero-order valence-electron chi connectivity index (χ0n) is 11.0. The molecule has 4 nitrogen and oxygen atoms in total. The molecular weight excluding hydrogens is 228 g/mol. The summed E-state index contributed by atoms with van der Waals surface area (Å²) in [5, 5.41) is 11.9. The Morgan fingerprint density at radius 2 is 2.22 bits per heavy atom. The summed E-state index contributed by atoms with van der Waals surface area (Å²) in [5.74, 6) is -0.276. The Bertz CT molecular complexity index is 461. The van der Waals surface area contributed by atoms with Crippen molar-refractivity contribution in [2.75, 3.05) is 6.61 Å². The van der Waals surface area contributed by atoms with Crippen LogP contribution in [-0.4, -0.2) is 18.1 Å². The minimum Gasteiger partial charge on any atom is -0.465 e. The molecule has 0 unspecified atom stereocenters. The molecule has 0 aliphatic rings. The first-order valence-electron chi connectivity index (χ1n) is 5.91. The summed E-state index contributed by atoms with van der Waals surface area (Å²) in [6, 6.07) is 9.38. The van der Waals surface area contributed by atoms with Crippen molar-refractivity contribution >= 4 is 5.97 Å². The highest BCUT2D eigenvalue weighted by Gasteiger charge is 2.28. The summed E-state index contributed by atoms with van der Waals surface area (Å²) in [5.41, 5.74) is 0.841. The highest BCUT2D eigenvalue weighted by atomic mass is 16.5. The Labute approximate surface area is 108 Å². The number of nitriles is 1. The predicted octanol–water partition coefficient (Wildman–Crippen LogP) is 1.99. The molecule has 0 radical (unpaired) electrons. The Morgan fingerprint density at radius 3 is 2.83 bits per heavy atom. The largest absolute Gasteiger partial charge is 0.465 e. The summed E-state index contributed by atoms with van der Waals surface area (Å²) in [4.78, 5) is 11.7. The fourth-order valence-electron chi connectivity index (χ4n) is 1.46. The number of nitrogens with zero attached hydrogens (tertiary/aromatic N) is 1. The van der Waals surface area contributed by atoms with Gasteiger partial charge in [-0.15, -0.1) is 0 Å². The van der Waals surface area contributed by atoms with Gasteiger partial charge in [0.2, 0.25) is 0 Å². The highest BCUT2D eigenvalue weighted by Crippen LogP contribution is 2.09. The number of hydrogen-bond donors (Lipinski definition) is 1. The van der Waals surface area contributed by atoms with E-state index < -0.39 is 5.54 Å². The van der Waals surface area contributed by atoms with E-state index >= 15 is 0 Å². The van der Waals surface area contributed by atoms with Crippen LogP contribution in [0, 0.1) is 11.3 Å². The number of benzene rings is 1. The van der Waals surface area contributed by atoms with Gasteiger partial charge in [0.05, 0.1) is 18.2 Å². The van der Waals surface area contributed by atoms with Gasteiger partial charge in [0.25, 0.3) is 0 Å². The molecule has 0 aromatic heterocycles. The number of esters is 1. The molecule has 0 heterocycles. The monoisotopic (exact) mass is 246 g/mol. The molecule has 1 aromatic rings. The summed E-state index contributed by atoms with van der Waals surface area (Å²) < 4.78 is 4.99. The van der Waals surface area contributed by atoms with Crippen molar-refractivity contribution in [3.8, 4) is 6.07 Å². The van der Waals surface area contributed by atoms with Crippen LogP contribution in [0.2, 0.25) is 0 Å². The highest BCUT2D eigenvalue weighted by molar-refractivity contribution is 5.79. The molecule has 4 heteroatoms. The zero-order chi connectivity index (χ0) is 13.6. The molecule has 0 bridgehead atoms. The lowest BCUT2D eigenvalue weighted by atomic mass is 10.0. The summed E-state index contributed by atoms with van der Waals surface area (Å²) in [7, 11) is 0. The molecule has 1 aromatic carbocycles. The number of rotatable bonds is 5.